The second kappa shape index (κ2) is 11.2. The number of halogens is 2. The monoisotopic (exact) mass is 520 g/mol. The summed E-state index contributed by atoms with van der Waals surface area (Å²) in [5, 5.41) is 24.4. The number of amidine groups is 2. The molecule has 4 aromatic rings. The van der Waals surface area contributed by atoms with Crippen molar-refractivity contribution in [3.05, 3.63) is 83.9 Å². The maximum absolute atomic E-state index is 4.49. The van der Waals surface area contributed by atoms with Crippen molar-refractivity contribution in [2.45, 2.75) is 0 Å². The lowest BCUT2D eigenvalue weighted by atomic mass is 10.1. The van der Waals surface area contributed by atoms with Gasteiger partial charge in [0.2, 0.25) is 0 Å². The summed E-state index contributed by atoms with van der Waals surface area (Å²) in [6.45, 7) is 3.45. The van der Waals surface area contributed by atoms with Crippen LogP contribution in [-0.4, -0.2) is 48.0 Å². The Morgan fingerprint density at radius 3 is 1.33 bits per heavy atom. The predicted octanol–water partition coefficient (Wildman–Crippen LogP) is 4.66. The van der Waals surface area contributed by atoms with Gasteiger partial charge in [-0.15, -0.1) is 35.0 Å². The summed E-state index contributed by atoms with van der Waals surface area (Å²) < 4.78 is 0. The lowest BCUT2D eigenvalue weighted by molar-refractivity contribution is 0.960. The maximum Gasteiger partial charge on any atom is 0.161 e. The van der Waals surface area contributed by atoms with Crippen molar-refractivity contribution in [1.29, 1.82) is 0 Å². The highest BCUT2D eigenvalue weighted by molar-refractivity contribution is 6.02. The van der Waals surface area contributed by atoms with Crippen LogP contribution in [0.3, 0.4) is 0 Å². The van der Waals surface area contributed by atoms with Gasteiger partial charge in [-0.1, -0.05) is 24.3 Å². The molecule has 0 spiro atoms. The van der Waals surface area contributed by atoms with Gasteiger partial charge in [0, 0.05) is 46.4 Å². The second-order valence-electron chi connectivity index (χ2n) is 8.16. The van der Waals surface area contributed by atoms with Crippen molar-refractivity contribution < 1.29 is 0 Å². The van der Waals surface area contributed by atoms with E-state index >= 15 is 0 Å². The molecule has 10 heteroatoms. The molecule has 0 aliphatic carbocycles. The molecule has 2 aliphatic heterocycles. The SMILES string of the molecule is Cl.Cl.c1ccc2c(Nc3ccc(C4=NCCN4)cc3)nnc(Nc3ccc(C4=NCCN4)cc3)c2c1. The third-order valence-electron chi connectivity index (χ3n) is 5.88. The number of aromatic nitrogens is 2. The van der Waals surface area contributed by atoms with Crippen molar-refractivity contribution in [1.82, 2.24) is 20.8 Å². The predicted molar refractivity (Wildman–Crippen MR) is 152 cm³/mol. The Balaban J connectivity index is 0.00000152. The first-order valence-electron chi connectivity index (χ1n) is 11.4. The largest absolute Gasteiger partial charge is 0.368 e. The number of benzene rings is 3. The van der Waals surface area contributed by atoms with Gasteiger partial charge >= 0.3 is 0 Å². The van der Waals surface area contributed by atoms with Gasteiger partial charge in [0.05, 0.1) is 13.1 Å². The van der Waals surface area contributed by atoms with Gasteiger partial charge in [0.25, 0.3) is 0 Å². The van der Waals surface area contributed by atoms with Gasteiger partial charge in [-0.05, 0) is 48.5 Å². The molecule has 0 bridgehead atoms. The number of aliphatic imine (C=N–C) groups is 2. The van der Waals surface area contributed by atoms with Gasteiger partial charge in [0.15, 0.2) is 11.6 Å². The summed E-state index contributed by atoms with van der Waals surface area (Å²) in [5.41, 5.74) is 4.06. The summed E-state index contributed by atoms with van der Waals surface area (Å²) >= 11 is 0. The topological polar surface area (TPSA) is 98.6 Å². The first-order valence-corrected chi connectivity index (χ1v) is 11.4. The molecule has 3 heterocycles. The molecule has 0 saturated heterocycles. The number of nitrogens with one attached hydrogen (secondary N) is 4. The van der Waals surface area contributed by atoms with E-state index in [4.69, 9.17) is 0 Å². The summed E-state index contributed by atoms with van der Waals surface area (Å²) in [7, 11) is 0. The Kier molecular flexibility index (Phi) is 7.87. The standard InChI is InChI=1S/C26H24N8.2ClH/c1-2-4-22-21(3-1)25(31-19-9-5-17(6-10-19)23-27-13-14-28-23)33-34-26(22)32-20-11-7-18(8-12-20)24-29-15-16-30-24;;/h1-12H,13-16H2,(H,27,28)(H,29,30)(H,31,33)(H,32,34);2*1H. The summed E-state index contributed by atoms with van der Waals surface area (Å²) in [4.78, 5) is 8.95. The summed E-state index contributed by atoms with van der Waals surface area (Å²) in [5.74, 6) is 3.33. The molecule has 0 amide bonds. The third kappa shape index (κ3) is 5.19. The first kappa shape index (κ1) is 25.2. The van der Waals surface area contributed by atoms with Crippen LogP contribution in [0.5, 0.6) is 0 Å². The minimum absolute atomic E-state index is 0. The molecule has 0 radical (unpaired) electrons. The quantitative estimate of drug-likeness (QED) is 0.295. The molecule has 0 fully saturated rings. The maximum atomic E-state index is 4.49. The number of fused-ring (bicyclic) bond motifs is 1. The Morgan fingerprint density at radius 1 is 0.556 bits per heavy atom. The van der Waals surface area contributed by atoms with Crippen LogP contribution in [0.25, 0.3) is 10.8 Å². The smallest absolute Gasteiger partial charge is 0.161 e. The fourth-order valence-electron chi connectivity index (χ4n) is 4.17. The number of rotatable bonds is 6. The number of anilines is 4. The molecule has 0 saturated carbocycles. The van der Waals surface area contributed by atoms with E-state index in [0.29, 0.717) is 11.6 Å². The van der Waals surface area contributed by atoms with Crippen LogP contribution in [0, 0.1) is 0 Å². The first-order chi connectivity index (χ1) is 16.8. The molecule has 184 valence electrons. The van der Waals surface area contributed by atoms with E-state index in [0.717, 1.165) is 71.1 Å². The van der Waals surface area contributed by atoms with E-state index in [-0.39, 0.29) is 24.8 Å². The molecular formula is C26H26Cl2N8. The van der Waals surface area contributed by atoms with Crippen LogP contribution < -0.4 is 21.3 Å². The van der Waals surface area contributed by atoms with E-state index in [2.05, 4.69) is 77.8 Å². The highest BCUT2D eigenvalue weighted by Crippen LogP contribution is 2.30. The Hall–Kier alpha value is -3.88. The van der Waals surface area contributed by atoms with Crippen LogP contribution in [0.1, 0.15) is 11.1 Å². The van der Waals surface area contributed by atoms with Crippen molar-refractivity contribution in [3.63, 3.8) is 0 Å². The number of hydrogen-bond acceptors (Lipinski definition) is 8. The zero-order valence-electron chi connectivity index (χ0n) is 19.4. The number of nitrogens with zero attached hydrogens (tertiary/aromatic N) is 4. The van der Waals surface area contributed by atoms with Gasteiger partial charge in [-0.25, -0.2) is 0 Å². The van der Waals surface area contributed by atoms with Crippen LogP contribution in [-0.2, 0) is 0 Å². The van der Waals surface area contributed by atoms with Crippen molar-refractivity contribution in [2.24, 2.45) is 9.98 Å². The van der Waals surface area contributed by atoms with Crippen LogP contribution >= 0.6 is 24.8 Å². The fraction of sp³-hybridized carbons (Fsp3) is 0.154. The second-order valence-corrected chi connectivity index (χ2v) is 8.16. The average molecular weight is 521 g/mol. The zero-order chi connectivity index (χ0) is 22.7. The highest BCUT2D eigenvalue weighted by atomic mass is 35.5. The fourth-order valence-corrected chi connectivity index (χ4v) is 4.17. The zero-order valence-corrected chi connectivity index (χ0v) is 21.0. The van der Waals surface area contributed by atoms with Crippen molar-refractivity contribution in [2.75, 3.05) is 36.8 Å². The van der Waals surface area contributed by atoms with Crippen molar-refractivity contribution >= 4 is 70.3 Å². The van der Waals surface area contributed by atoms with E-state index < -0.39 is 0 Å². The van der Waals surface area contributed by atoms with E-state index in [1.807, 2.05) is 36.4 Å². The van der Waals surface area contributed by atoms with Crippen LogP contribution in [0.2, 0.25) is 0 Å². The molecule has 36 heavy (non-hydrogen) atoms. The Morgan fingerprint density at radius 2 is 0.972 bits per heavy atom. The Bertz CT molecular complexity index is 1290. The highest BCUT2D eigenvalue weighted by Gasteiger charge is 2.12. The van der Waals surface area contributed by atoms with Gasteiger partial charge in [-0.3, -0.25) is 9.98 Å². The molecular weight excluding hydrogens is 495 g/mol. The van der Waals surface area contributed by atoms with Crippen molar-refractivity contribution in [3.8, 4) is 0 Å². The van der Waals surface area contributed by atoms with E-state index in [1.165, 1.54) is 0 Å². The van der Waals surface area contributed by atoms with Crippen LogP contribution in [0.15, 0.2) is 82.8 Å². The molecule has 2 aliphatic rings. The molecule has 0 atom stereocenters. The molecule has 4 N–H and O–H groups in total. The normalized spacial score (nSPS) is 14.0. The Labute approximate surface area is 221 Å². The molecule has 8 nitrogen and oxygen atoms in total. The molecule has 1 aromatic heterocycles. The summed E-state index contributed by atoms with van der Waals surface area (Å²) in [6.07, 6.45) is 0. The third-order valence-corrected chi connectivity index (χ3v) is 5.88. The minimum atomic E-state index is 0. The lowest BCUT2D eigenvalue weighted by Gasteiger charge is -2.13. The van der Waals surface area contributed by atoms with E-state index in [9.17, 15) is 0 Å². The van der Waals surface area contributed by atoms with Gasteiger partial charge in [-0.2, -0.15) is 0 Å². The molecule has 6 rings (SSSR count). The summed E-state index contributed by atoms with van der Waals surface area (Å²) in [6, 6.07) is 24.5. The van der Waals surface area contributed by atoms with Crippen LogP contribution in [0.4, 0.5) is 23.0 Å². The number of hydrogen-bond donors (Lipinski definition) is 4. The van der Waals surface area contributed by atoms with Gasteiger partial charge in [0.1, 0.15) is 11.7 Å². The van der Waals surface area contributed by atoms with Gasteiger partial charge < -0.3 is 21.3 Å². The molecule has 3 aromatic carbocycles. The van der Waals surface area contributed by atoms with E-state index in [1.54, 1.807) is 0 Å². The minimum Gasteiger partial charge on any atom is -0.368 e. The molecule has 0 unspecified atom stereocenters. The lowest BCUT2D eigenvalue weighted by Crippen LogP contribution is -2.19. The average Bonchev–Trinajstić information content (AvgIpc) is 3.62.